The van der Waals surface area contributed by atoms with Crippen LogP contribution in [0.2, 0.25) is 5.02 Å². The molecule has 1 amide bonds. The number of anilines is 1. The van der Waals surface area contributed by atoms with Gasteiger partial charge in [0.05, 0.1) is 41.0 Å². The Morgan fingerprint density at radius 2 is 1.71 bits per heavy atom. The quantitative estimate of drug-likeness (QED) is 0.0788. The van der Waals surface area contributed by atoms with Gasteiger partial charge in [0.1, 0.15) is 55.1 Å². The average Bonchev–Trinajstić information content (AvgIpc) is 3.69. The lowest BCUT2D eigenvalue weighted by atomic mass is 9.79. The Hall–Kier alpha value is -3.29. The third kappa shape index (κ3) is 11.3. The van der Waals surface area contributed by atoms with Crippen molar-refractivity contribution in [2.24, 2.45) is 10.9 Å². The van der Waals surface area contributed by atoms with Crippen molar-refractivity contribution in [1.29, 1.82) is 0 Å². The van der Waals surface area contributed by atoms with Gasteiger partial charge in [-0.2, -0.15) is 0 Å². The van der Waals surface area contributed by atoms with Crippen molar-refractivity contribution in [1.82, 2.24) is 0 Å². The maximum absolute atomic E-state index is 13.6. The summed E-state index contributed by atoms with van der Waals surface area (Å²) in [6, 6.07) is 12.5. The average molecular weight is 913 g/mol. The van der Waals surface area contributed by atoms with Crippen molar-refractivity contribution < 1.29 is 84.0 Å². The van der Waals surface area contributed by atoms with E-state index >= 15 is 0 Å². The Morgan fingerprint density at radius 1 is 0.952 bits per heavy atom. The van der Waals surface area contributed by atoms with Gasteiger partial charge in [0.2, 0.25) is 0 Å². The van der Waals surface area contributed by atoms with Crippen LogP contribution in [0.4, 0.5) is 5.69 Å². The molecule has 21 heteroatoms. The molecule has 62 heavy (non-hydrogen) atoms. The number of benzene rings is 2. The van der Waals surface area contributed by atoms with Gasteiger partial charge in [-0.15, -0.1) is 0 Å². The highest BCUT2D eigenvalue weighted by atomic mass is 35.5. The number of carbonyl (C=O) groups excluding carboxylic acids is 2. The standard InChI is InChI=1S/C41H53ClN2O17S/c1-3-11-43-41-44(24-7-5-4-6-19(24)2)36(52)29(62-41)14-20-8-9-26(23(42)13-20)57-17-22(45)18-58-40-28(16-25(46)37(53)61-40)59-27-15-21(30(47)32(49)31(27)48)10-12-56-39(55)35-33(50)34(51)38(54)60-35/h4-9,13-14,21-22,25,27-28,30-35,37-38,40,45-51,53-54H,3,10-12,15-18H2,1-2H3/b29-14-,43-41-/t21-,22+,25-,27+,28-,30-,31-,32+,33-,34+,35?,37-,38+,40+/m1/s1. The van der Waals surface area contributed by atoms with Crippen LogP contribution in [-0.2, 0) is 33.3 Å². The van der Waals surface area contributed by atoms with E-state index in [-0.39, 0.29) is 49.2 Å². The summed E-state index contributed by atoms with van der Waals surface area (Å²) in [4.78, 5) is 32.7. The molecule has 3 aliphatic heterocycles. The normalized spacial score (nSPS) is 34.5. The number of amides is 1. The molecule has 9 N–H and O–H groups in total. The highest BCUT2D eigenvalue weighted by Crippen LogP contribution is 2.39. The minimum atomic E-state index is -1.79. The number of aryl methyl sites for hydroxylation is 1. The van der Waals surface area contributed by atoms with Crippen molar-refractivity contribution >= 4 is 52.2 Å². The Morgan fingerprint density at radius 3 is 2.40 bits per heavy atom. The van der Waals surface area contributed by atoms with E-state index in [9.17, 15) is 55.5 Å². The molecule has 342 valence electrons. The number of aliphatic hydroxyl groups excluding tert-OH is 9. The second-order valence-electron chi connectivity index (χ2n) is 15.5. The fourth-order valence-electron chi connectivity index (χ4n) is 7.35. The first-order valence-corrected chi connectivity index (χ1v) is 21.4. The molecule has 1 aliphatic carbocycles. The summed E-state index contributed by atoms with van der Waals surface area (Å²) < 4.78 is 32.9. The van der Waals surface area contributed by atoms with E-state index in [0.717, 1.165) is 17.7 Å². The highest BCUT2D eigenvalue weighted by Gasteiger charge is 2.48. The van der Waals surface area contributed by atoms with Crippen LogP contribution < -0.4 is 9.64 Å². The smallest absolute Gasteiger partial charge is 0.338 e. The number of nitrogens with zero attached hydrogens (tertiary/aromatic N) is 2. The third-order valence-corrected chi connectivity index (χ3v) is 12.1. The molecule has 0 radical (unpaired) electrons. The van der Waals surface area contributed by atoms with Gasteiger partial charge >= 0.3 is 5.97 Å². The van der Waals surface area contributed by atoms with Crippen molar-refractivity contribution in [3.05, 3.63) is 63.5 Å². The lowest BCUT2D eigenvalue weighted by Gasteiger charge is -2.44. The van der Waals surface area contributed by atoms with Gasteiger partial charge in [-0.05, 0) is 79.3 Å². The molecule has 2 aromatic carbocycles. The molecule has 1 saturated carbocycles. The Bertz CT molecular complexity index is 1930. The highest BCUT2D eigenvalue weighted by molar-refractivity contribution is 8.19. The largest absolute Gasteiger partial charge is 0.489 e. The van der Waals surface area contributed by atoms with Crippen LogP contribution in [0.3, 0.4) is 0 Å². The number of ether oxygens (including phenoxy) is 6. The van der Waals surface area contributed by atoms with Gasteiger partial charge in [0.25, 0.3) is 5.91 Å². The maximum atomic E-state index is 13.6. The molecule has 4 fully saturated rings. The zero-order valence-electron chi connectivity index (χ0n) is 33.8. The van der Waals surface area contributed by atoms with Gasteiger partial charge in [-0.25, -0.2) is 4.79 Å². The number of thioether (sulfide) groups is 1. The van der Waals surface area contributed by atoms with Gasteiger partial charge in [0, 0.05) is 13.0 Å². The molecule has 19 nitrogen and oxygen atoms in total. The Kier molecular flexibility index (Phi) is 16.8. The van der Waals surface area contributed by atoms with Gasteiger partial charge in [0.15, 0.2) is 30.1 Å². The summed E-state index contributed by atoms with van der Waals surface area (Å²) >= 11 is 7.83. The number of hydrogen-bond acceptors (Lipinski definition) is 19. The summed E-state index contributed by atoms with van der Waals surface area (Å²) in [6.45, 7) is 3.45. The molecule has 0 spiro atoms. The zero-order chi connectivity index (χ0) is 44.8. The number of esters is 1. The first-order chi connectivity index (χ1) is 29.6. The first-order valence-electron chi connectivity index (χ1n) is 20.2. The lowest BCUT2D eigenvalue weighted by Crippen LogP contribution is -2.58. The number of para-hydroxylation sites is 1. The summed E-state index contributed by atoms with van der Waals surface area (Å²) in [7, 11) is 0. The lowest BCUT2D eigenvalue weighted by molar-refractivity contribution is -0.334. The van der Waals surface area contributed by atoms with Gasteiger partial charge in [-0.3, -0.25) is 14.7 Å². The Labute approximate surface area is 366 Å². The summed E-state index contributed by atoms with van der Waals surface area (Å²) in [5.41, 5.74) is 2.30. The van der Waals surface area contributed by atoms with Crippen LogP contribution in [0, 0.1) is 12.8 Å². The number of aliphatic hydroxyl groups is 9. The Balaban J connectivity index is 1.02. The fourth-order valence-corrected chi connectivity index (χ4v) is 8.59. The number of carbonyl (C=O) groups is 2. The molecule has 0 aromatic heterocycles. The van der Waals surface area contributed by atoms with Gasteiger partial charge in [-0.1, -0.05) is 42.8 Å². The molecule has 3 saturated heterocycles. The summed E-state index contributed by atoms with van der Waals surface area (Å²) in [6.07, 6.45) is -17.6. The van der Waals surface area contributed by atoms with Crippen molar-refractivity contribution in [2.45, 2.75) is 119 Å². The second kappa shape index (κ2) is 21.6. The number of rotatable bonds is 16. The molecule has 3 heterocycles. The summed E-state index contributed by atoms with van der Waals surface area (Å²) in [5.74, 6) is -1.86. The predicted molar refractivity (Wildman–Crippen MR) is 220 cm³/mol. The topological polar surface area (TPSA) is 287 Å². The van der Waals surface area contributed by atoms with Crippen molar-refractivity contribution in [3.8, 4) is 5.75 Å². The maximum Gasteiger partial charge on any atom is 0.338 e. The van der Waals surface area contributed by atoms with Crippen molar-refractivity contribution in [3.63, 3.8) is 0 Å². The molecule has 6 rings (SSSR count). The molecule has 4 aliphatic rings. The van der Waals surface area contributed by atoms with Crippen LogP contribution >= 0.6 is 23.4 Å². The molecule has 1 unspecified atom stereocenters. The van der Waals surface area contributed by atoms with Gasteiger partial charge < -0.3 is 74.4 Å². The molecule has 2 aromatic rings. The minimum absolute atomic E-state index is 0.0508. The second-order valence-corrected chi connectivity index (χ2v) is 16.9. The minimum Gasteiger partial charge on any atom is -0.489 e. The fraction of sp³-hybridized carbons (Fsp3) is 0.585. The first kappa shape index (κ1) is 48.2. The molecule has 0 bridgehead atoms. The van der Waals surface area contributed by atoms with Crippen LogP contribution in [-0.4, -0.2) is 169 Å². The van der Waals surface area contributed by atoms with E-state index in [1.807, 2.05) is 38.1 Å². The SMILES string of the molecule is CCC/N=C1\S/C(=C\c2ccc(OC[C@H](O)CO[C@H]3O[C@@H](O)[C@H](O)C[C@H]3O[C@H]3C[C@@H](CCOC(=O)C4O[C@H](O)[C@@H](O)[C@H]4O)[C@@H](O)[C@H](O)[C@@H]3O)c(Cl)c2)C(=O)N1c1ccccc1C. The van der Waals surface area contributed by atoms with E-state index < -0.39 is 98.4 Å². The number of aliphatic imine (C=N–C) groups is 1. The summed E-state index contributed by atoms with van der Waals surface area (Å²) in [5, 5.41) is 93.4. The molecular formula is C41H53ClN2O17S. The number of amidine groups is 1. The molecule has 14 atom stereocenters. The van der Waals surface area contributed by atoms with Crippen LogP contribution in [0.15, 0.2) is 52.4 Å². The van der Waals surface area contributed by atoms with Crippen LogP contribution in [0.1, 0.15) is 43.7 Å². The van der Waals surface area contributed by atoms with E-state index in [1.165, 1.54) is 11.8 Å². The predicted octanol–water partition coefficient (Wildman–Crippen LogP) is -0.0540. The number of hydrogen-bond donors (Lipinski definition) is 9. The van der Waals surface area contributed by atoms with E-state index in [2.05, 4.69) is 4.99 Å². The van der Waals surface area contributed by atoms with E-state index in [4.69, 9.17) is 40.0 Å². The molecular weight excluding hydrogens is 860 g/mol. The number of halogens is 1. The third-order valence-electron chi connectivity index (χ3n) is 10.8. The zero-order valence-corrected chi connectivity index (χ0v) is 35.4. The van der Waals surface area contributed by atoms with Crippen LogP contribution in [0.5, 0.6) is 5.75 Å². The van der Waals surface area contributed by atoms with E-state index in [1.54, 1.807) is 29.2 Å². The van der Waals surface area contributed by atoms with Crippen molar-refractivity contribution in [2.75, 3.05) is 31.3 Å². The monoisotopic (exact) mass is 912 g/mol. The van der Waals surface area contributed by atoms with E-state index in [0.29, 0.717) is 22.2 Å². The van der Waals surface area contributed by atoms with Crippen LogP contribution in [0.25, 0.3) is 6.08 Å².